The summed E-state index contributed by atoms with van der Waals surface area (Å²) in [5.41, 5.74) is -4.34. The fourth-order valence-corrected chi connectivity index (χ4v) is 3.02. The van der Waals surface area contributed by atoms with Gasteiger partial charge in [0, 0.05) is 17.3 Å². The lowest BCUT2D eigenvalue weighted by Crippen LogP contribution is -2.37. The lowest BCUT2D eigenvalue weighted by Gasteiger charge is -2.22. The van der Waals surface area contributed by atoms with E-state index in [-0.39, 0.29) is 23.4 Å². The minimum Gasteiger partial charge on any atom is -0.449 e. The summed E-state index contributed by atoms with van der Waals surface area (Å²) in [5.74, 6) is -7.91. The van der Waals surface area contributed by atoms with Crippen LogP contribution in [-0.2, 0) is 19.1 Å². The van der Waals surface area contributed by atoms with Gasteiger partial charge in [0.2, 0.25) is 5.75 Å². The van der Waals surface area contributed by atoms with E-state index in [4.69, 9.17) is 9.84 Å². The van der Waals surface area contributed by atoms with E-state index in [2.05, 4.69) is 9.97 Å². The number of aliphatic hydroxyl groups is 1. The highest BCUT2D eigenvalue weighted by molar-refractivity contribution is 5.51. The molecule has 0 spiro atoms. The van der Waals surface area contributed by atoms with Gasteiger partial charge in [-0.2, -0.15) is 27.2 Å². The predicted octanol–water partition coefficient (Wildman–Crippen LogP) is 4.74. The summed E-state index contributed by atoms with van der Waals surface area (Å²) >= 11 is 0. The van der Waals surface area contributed by atoms with Gasteiger partial charge in [-0.25, -0.2) is 13.8 Å². The Morgan fingerprint density at radius 3 is 2.39 bits per heavy atom. The SMILES string of the molecule is Cc1c(C#N)cc(C(F)F)cc1Oc1c(C(F)(F)C(F)(F)F)ncn(Cc2ccc(CO)cn2)c1=O. The lowest BCUT2D eigenvalue weighted by molar-refractivity contribution is -0.291. The summed E-state index contributed by atoms with van der Waals surface area (Å²) < 4.78 is 100. The topological polar surface area (TPSA) is 101 Å². The van der Waals surface area contributed by atoms with Crippen LogP contribution in [0.2, 0.25) is 0 Å². The average Bonchev–Trinajstić information content (AvgIpc) is 2.82. The Morgan fingerprint density at radius 2 is 1.86 bits per heavy atom. The number of alkyl halides is 7. The summed E-state index contributed by atoms with van der Waals surface area (Å²) in [6.45, 7) is 0.396. The van der Waals surface area contributed by atoms with Crippen molar-refractivity contribution in [1.29, 1.82) is 5.26 Å². The van der Waals surface area contributed by atoms with Crippen LogP contribution in [0.4, 0.5) is 30.7 Å². The molecule has 0 aliphatic rings. The third-order valence-corrected chi connectivity index (χ3v) is 5.02. The van der Waals surface area contributed by atoms with Crippen LogP contribution in [0.1, 0.15) is 40.1 Å². The van der Waals surface area contributed by atoms with Crippen LogP contribution in [0.25, 0.3) is 0 Å². The molecular formula is C22H15F7N4O3. The molecule has 0 saturated heterocycles. The average molecular weight is 516 g/mol. The van der Waals surface area contributed by atoms with Gasteiger partial charge in [-0.3, -0.25) is 14.3 Å². The second-order valence-electron chi connectivity index (χ2n) is 7.45. The van der Waals surface area contributed by atoms with E-state index < -0.39 is 53.4 Å². The number of rotatable bonds is 7. The maximum atomic E-state index is 14.3. The summed E-state index contributed by atoms with van der Waals surface area (Å²) in [6.07, 6.45) is -7.62. The van der Waals surface area contributed by atoms with Crippen molar-refractivity contribution in [2.75, 3.05) is 0 Å². The van der Waals surface area contributed by atoms with Crippen LogP contribution in [-0.4, -0.2) is 25.8 Å². The zero-order valence-electron chi connectivity index (χ0n) is 18.2. The van der Waals surface area contributed by atoms with Crippen molar-refractivity contribution in [3.8, 4) is 17.6 Å². The van der Waals surface area contributed by atoms with Crippen LogP contribution in [0.3, 0.4) is 0 Å². The fraction of sp³-hybridized carbons (Fsp3) is 0.273. The third-order valence-electron chi connectivity index (χ3n) is 5.02. The molecule has 0 fully saturated rings. The molecule has 0 bridgehead atoms. The van der Waals surface area contributed by atoms with Crippen LogP contribution in [0.15, 0.2) is 41.6 Å². The number of nitriles is 1. The van der Waals surface area contributed by atoms with E-state index in [1.54, 1.807) is 6.07 Å². The maximum absolute atomic E-state index is 14.3. The van der Waals surface area contributed by atoms with E-state index in [0.29, 0.717) is 22.5 Å². The van der Waals surface area contributed by atoms with Gasteiger partial charge < -0.3 is 9.84 Å². The Morgan fingerprint density at radius 1 is 1.17 bits per heavy atom. The predicted molar refractivity (Wildman–Crippen MR) is 109 cm³/mol. The zero-order chi connectivity index (χ0) is 26.8. The Kier molecular flexibility index (Phi) is 7.35. The molecule has 0 atom stereocenters. The van der Waals surface area contributed by atoms with Crippen LogP contribution >= 0.6 is 0 Å². The first-order valence-electron chi connectivity index (χ1n) is 9.90. The number of aromatic nitrogens is 3. The summed E-state index contributed by atoms with van der Waals surface area (Å²) in [4.78, 5) is 20.1. The molecule has 3 rings (SSSR count). The molecule has 2 aromatic heterocycles. The quantitative estimate of drug-likeness (QED) is 0.456. The minimum atomic E-state index is -6.17. The summed E-state index contributed by atoms with van der Waals surface area (Å²) in [7, 11) is 0. The number of ether oxygens (including phenoxy) is 1. The highest BCUT2D eigenvalue weighted by atomic mass is 19.4. The fourth-order valence-electron chi connectivity index (χ4n) is 3.02. The van der Waals surface area contributed by atoms with Crippen molar-refractivity contribution >= 4 is 0 Å². The van der Waals surface area contributed by atoms with E-state index in [9.17, 15) is 40.8 Å². The van der Waals surface area contributed by atoms with Crippen molar-refractivity contribution in [3.63, 3.8) is 0 Å². The number of aliphatic hydroxyl groups excluding tert-OH is 1. The molecule has 3 aromatic rings. The lowest BCUT2D eigenvalue weighted by atomic mass is 10.0. The molecule has 2 heterocycles. The van der Waals surface area contributed by atoms with Gasteiger partial charge in [-0.1, -0.05) is 6.07 Å². The highest BCUT2D eigenvalue weighted by Gasteiger charge is 2.62. The number of hydrogen-bond donors (Lipinski definition) is 1. The Labute approximate surface area is 198 Å². The zero-order valence-corrected chi connectivity index (χ0v) is 18.2. The molecule has 0 aliphatic carbocycles. The first-order chi connectivity index (χ1) is 16.8. The van der Waals surface area contributed by atoms with Gasteiger partial charge in [-0.05, 0) is 30.7 Å². The Hall–Kier alpha value is -3.99. The Balaban J connectivity index is 2.20. The van der Waals surface area contributed by atoms with E-state index in [1.165, 1.54) is 25.3 Å². The standard InChI is InChI=1S/C22H15F7N4O3/c1-11-14(6-30)4-13(19(23)24)5-16(11)36-17-18(21(25,26)22(27,28)29)32-10-33(20(17)35)8-15-3-2-12(9-34)7-31-15/h2-5,7,10,19,34H,8-9H2,1H3. The van der Waals surface area contributed by atoms with Gasteiger partial charge in [0.05, 0.1) is 36.8 Å². The normalized spacial score (nSPS) is 12.0. The van der Waals surface area contributed by atoms with Crippen LogP contribution in [0.5, 0.6) is 11.5 Å². The largest absolute Gasteiger partial charge is 0.459 e. The van der Waals surface area contributed by atoms with Gasteiger partial charge in [-0.15, -0.1) is 0 Å². The Bertz CT molecular complexity index is 1360. The molecule has 1 aromatic carbocycles. The number of pyridine rings is 1. The number of nitrogens with zero attached hydrogens (tertiary/aromatic N) is 4. The molecule has 36 heavy (non-hydrogen) atoms. The second kappa shape index (κ2) is 9.94. The van der Waals surface area contributed by atoms with E-state index in [0.717, 1.165) is 6.07 Å². The first-order valence-corrected chi connectivity index (χ1v) is 9.90. The second-order valence-corrected chi connectivity index (χ2v) is 7.45. The molecule has 0 amide bonds. The van der Waals surface area contributed by atoms with Crippen molar-refractivity contribution in [1.82, 2.24) is 14.5 Å². The maximum Gasteiger partial charge on any atom is 0.459 e. The van der Waals surface area contributed by atoms with Crippen LogP contribution in [0, 0.1) is 18.3 Å². The number of hydrogen-bond acceptors (Lipinski definition) is 6. The van der Waals surface area contributed by atoms with Crippen LogP contribution < -0.4 is 10.3 Å². The molecule has 0 radical (unpaired) electrons. The molecule has 190 valence electrons. The molecule has 1 N–H and O–H groups in total. The third kappa shape index (κ3) is 5.15. The number of benzene rings is 1. The van der Waals surface area contributed by atoms with Crippen molar-refractivity contribution in [2.45, 2.75) is 38.6 Å². The molecule has 0 unspecified atom stereocenters. The highest BCUT2D eigenvalue weighted by Crippen LogP contribution is 2.46. The van der Waals surface area contributed by atoms with E-state index >= 15 is 0 Å². The van der Waals surface area contributed by atoms with Gasteiger partial charge in [0.1, 0.15) is 5.75 Å². The van der Waals surface area contributed by atoms with E-state index in [1.807, 2.05) is 0 Å². The minimum absolute atomic E-state index is 0.153. The monoisotopic (exact) mass is 516 g/mol. The molecule has 0 saturated carbocycles. The summed E-state index contributed by atoms with van der Waals surface area (Å²) in [6, 6.07) is 5.81. The first kappa shape index (κ1) is 26.6. The van der Waals surface area contributed by atoms with Gasteiger partial charge >= 0.3 is 12.1 Å². The van der Waals surface area contributed by atoms with Gasteiger partial charge in [0.15, 0.2) is 5.69 Å². The molecule has 0 aliphatic heterocycles. The summed E-state index contributed by atoms with van der Waals surface area (Å²) in [5, 5.41) is 18.3. The molecular weight excluding hydrogens is 501 g/mol. The van der Waals surface area contributed by atoms with Crippen molar-refractivity contribution in [2.24, 2.45) is 0 Å². The van der Waals surface area contributed by atoms with Crippen molar-refractivity contribution < 1.29 is 40.6 Å². The molecule has 7 nitrogen and oxygen atoms in total. The van der Waals surface area contributed by atoms with Crippen molar-refractivity contribution in [3.05, 3.63) is 80.8 Å². The molecule has 14 heteroatoms. The number of halogens is 7. The smallest absolute Gasteiger partial charge is 0.449 e. The van der Waals surface area contributed by atoms with Gasteiger partial charge in [0.25, 0.3) is 12.0 Å².